The maximum absolute atomic E-state index is 11.8. The van der Waals surface area contributed by atoms with Crippen LogP contribution in [-0.2, 0) is 21.7 Å². The van der Waals surface area contributed by atoms with Gasteiger partial charge in [0.15, 0.2) is 5.82 Å². The Morgan fingerprint density at radius 2 is 2.00 bits per heavy atom. The predicted molar refractivity (Wildman–Crippen MR) is 58.7 cm³/mol. The fourth-order valence-electron chi connectivity index (χ4n) is 2.12. The van der Waals surface area contributed by atoms with E-state index in [1.807, 2.05) is 0 Å². The number of hydrogen-bond donors (Lipinski definition) is 1. The molecule has 2 unspecified atom stereocenters. The highest BCUT2D eigenvalue weighted by atomic mass is 16.5. The first kappa shape index (κ1) is 11.3. The van der Waals surface area contributed by atoms with Crippen molar-refractivity contribution in [2.75, 3.05) is 0 Å². The van der Waals surface area contributed by atoms with Gasteiger partial charge in [0.25, 0.3) is 0 Å². The standard InChI is InChI=1S/C11H14N4O3/c1-11(2,12)10-13-7(18-14-10)4-15-8(16)5-3-6(5)9(15)17/h5-6H,3-4,12H2,1-2H3. The summed E-state index contributed by atoms with van der Waals surface area (Å²) < 4.78 is 5.01. The molecule has 1 aromatic heterocycles. The van der Waals surface area contributed by atoms with E-state index in [1.165, 1.54) is 4.90 Å². The summed E-state index contributed by atoms with van der Waals surface area (Å²) in [4.78, 5) is 28.8. The molecule has 2 fully saturated rings. The molecule has 0 bridgehead atoms. The molecule has 7 heteroatoms. The molecule has 96 valence electrons. The third-order valence-electron chi connectivity index (χ3n) is 3.29. The van der Waals surface area contributed by atoms with Gasteiger partial charge >= 0.3 is 0 Å². The third kappa shape index (κ3) is 1.62. The summed E-state index contributed by atoms with van der Waals surface area (Å²) in [6.07, 6.45) is 0.694. The molecule has 1 saturated carbocycles. The number of hydrogen-bond acceptors (Lipinski definition) is 6. The summed E-state index contributed by atoms with van der Waals surface area (Å²) in [5, 5.41) is 3.75. The average molecular weight is 250 g/mol. The second kappa shape index (κ2) is 3.38. The molecule has 0 aromatic carbocycles. The highest BCUT2D eigenvalue weighted by Gasteiger charge is 2.59. The van der Waals surface area contributed by atoms with Crippen molar-refractivity contribution in [3.63, 3.8) is 0 Å². The van der Waals surface area contributed by atoms with Crippen LogP contribution in [-0.4, -0.2) is 26.9 Å². The van der Waals surface area contributed by atoms with Crippen molar-refractivity contribution < 1.29 is 14.1 Å². The van der Waals surface area contributed by atoms with Crippen molar-refractivity contribution in [3.8, 4) is 0 Å². The number of likely N-dealkylation sites (tertiary alicyclic amines) is 1. The van der Waals surface area contributed by atoms with Gasteiger partial charge in [-0.25, -0.2) is 0 Å². The van der Waals surface area contributed by atoms with Gasteiger partial charge in [0.05, 0.1) is 17.4 Å². The molecular weight excluding hydrogens is 236 g/mol. The molecule has 2 heterocycles. The van der Waals surface area contributed by atoms with Crippen molar-refractivity contribution in [2.45, 2.75) is 32.4 Å². The topological polar surface area (TPSA) is 102 Å². The fraction of sp³-hybridized carbons (Fsp3) is 0.636. The monoisotopic (exact) mass is 250 g/mol. The van der Waals surface area contributed by atoms with E-state index in [4.69, 9.17) is 10.3 Å². The summed E-state index contributed by atoms with van der Waals surface area (Å²) in [5.74, 6) is 0.137. The zero-order valence-electron chi connectivity index (χ0n) is 10.2. The maximum atomic E-state index is 11.8. The number of carbonyl (C=O) groups excluding carboxylic acids is 2. The van der Waals surface area contributed by atoms with E-state index in [-0.39, 0.29) is 36.1 Å². The second-order valence-electron chi connectivity index (χ2n) is 5.44. The van der Waals surface area contributed by atoms with E-state index in [0.717, 1.165) is 0 Å². The Kier molecular flexibility index (Phi) is 2.13. The lowest BCUT2D eigenvalue weighted by molar-refractivity contribution is -0.142. The molecule has 2 atom stereocenters. The molecule has 2 N–H and O–H groups in total. The van der Waals surface area contributed by atoms with Gasteiger partial charge in [-0.2, -0.15) is 4.98 Å². The van der Waals surface area contributed by atoms with Crippen LogP contribution in [0.3, 0.4) is 0 Å². The van der Waals surface area contributed by atoms with Crippen LogP contribution in [0.15, 0.2) is 4.52 Å². The first-order valence-corrected chi connectivity index (χ1v) is 5.85. The van der Waals surface area contributed by atoms with Crippen LogP contribution in [0.4, 0.5) is 0 Å². The number of amides is 2. The first-order chi connectivity index (χ1) is 8.38. The number of rotatable bonds is 3. The molecule has 0 spiro atoms. The van der Waals surface area contributed by atoms with Crippen LogP contribution in [0, 0.1) is 11.8 Å². The van der Waals surface area contributed by atoms with Crippen LogP contribution in [0.25, 0.3) is 0 Å². The normalized spacial score (nSPS) is 26.7. The SMILES string of the molecule is CC(C)(N)c1noc(CN2C(=O)C3CC3C2=O)n1. The van der Waals surface area contributed by atoms with Gasteiger partial charge in [0, 0.05) is 0 Å². The Morgan fingerprint density at radius 1 is 1.39 bits per heavy atom. The van der Waals surface area contributed by atoms with E-state index in [0.29, 0.717) is 12.2 Å². The Morgan fingerprint density at radius 3 is 2.50 bits per heavy atom. The second-order valence-corrected chi connectivity index (χ2v) is 5.44. The number of aromatic nitrogens is 2. The molecule has 0 radical (unpaired) electrons. The number of nitrogens with two attached hydrogens (primary N) is 1. The molecule has 2 aliphatic rings. The van der Waals surface area contributed by atoms with Crippen molar-refractivity contribution in [3.05, 3.63) is 11.7 Å². The minimum absolute atomic E-state index is 0.0494. The first-order valence-electron chi connectivity index (χ1n) is 5.85. The van der Waals surface area contributed by atoms with Crippen LogP contribution >= 0.6 is 0 Å². The lowest BCUT2D eigenvalue weighted by Crippen LogP contribution is -2.33. The third-order valence-corrected chi connectivity index (χ3v) is 3.29. The minimum Gasteiger partial charge on any atom is -0.337 e. The van der Waals surface area contributed by atoms with E-state index < -0.39 is 5.54 Å². The van der Waals surface area contributed by atoms with E-state index in [9.17, 15) is 9.59 Å². The minimum atomic E-state index is -0.705. The quantitative estimate of drug-likeness (QED) is 0.743. The molecule has 1 saturated heterocycles. The van der Waals surface area contributed by atoms with Crippen molar-refractivity contribution in [1.29, 1.82) is 0 Å². The molecule has 7 nitrogen and oxygen atoms in total. The number of piperidine rings is 1. The van der Waals surface area contributed by atoms with Crippen LogP contribution in [0.2, 0.25) is 0 Å². The highest BCUT2D eigenvalue weighted by molar-refractivity contribution is 6.08. The number of imide groups is 1. The lowest BCUT2D eigenvalue weighted by atomic mass is 10.1. The lowest BCUT2D eigenvalue weighted by Gasteiger charge is -2.13. The fourth-order valence-corrected chi connectivity index (χ4v) is 2.12. The molecule has 3 rings (SSSR count). The smallest absolute Gasteiger partial charge is 0.246 e. The average Bonchev–Trinajstić information content (AvgIpc) is 2.87. The van der Waals surface area contributed by atoms with Crippen molar-refractivity contribution in [1.82, 2.24) is 15.0 Å². The van der Waals surface area contributed by atoms with Crippen LogP contribution in [0.5, 0.6) is 0 Å². The summed E-state index contributed by atoms with van der Waals surface area (Å²) in [5.41, 5.74) is 5.12. The zero-order valence-corrected chi connectivity index (χ0v) is 10.2. The van der Waals surface area contributed by atoms with Gasteiger partial charge in [0.1, 0.15) is 6.54 Å². The summed E-state index contributed by atoms with van der Waals surface area (Å²) >= 11 is 0. The van der Waals surface area contributed by atoms with Gasteiger partial charge in [-0.3, -0.25) is 14.5 Å². The van der Waals surface area contributed by atoms with Gasteiger partial charge in [-0.1, -0.05) is 5.16 Å². The van der Waals surface area contributed by atoms with E-state index in [1.54, 1.807) is 13.8 Å². The number of nitrogens with zero attached hydrogens (tertiary/aromatic N) is 3. The Bertz CT molecular complexity index is 511. The molecule has 18 heavy (non-hydrogen) atoms. The molecule has 1 aromatic rings. The predicted octanol–water partition coefficient (Wildman–Crippen LogP) is -0.232. The summed E-state index contributed by atoms with van der Waals surface area (Å²) in [7, 11) is 0. The highest BCUT2D eigenvalue weighted by Crippen LogP contribution is 2.47. The van der Waals surface area contributed by atoms with Gasteiger partial charge in [0.2, 0.25) is 17.7 Å². The molecular formula is C11H14N4O3. The number of fused-ring (bicyclic) bond motifs is 1. The van der Waals surface area contributed by atoms with Crippen LogP contribution < -0.4 is 5.73 Å². The molecule has 2 amide bonds. The van der Waals surface area contributed by atoms with Gasteiger partial charge in [-0.05, 0) is 20.3 Å². The Hall–Kier alpha value is -1.76. The zero-order chi connectivity index (χ0) is 13.1. The maximum Gasteiger partial charge on any atom is 0.246 e. The number of carbonyl (C=O) groups is 2. The van der Waals surface area contributed by atoms with E-state index >= 15 is 0 Å². The van der Waals surface area contributed by atoms with Crippen molar-refractivity contribution in [2.24, 2.45) is 17.6 Å². The van der Waals surface area contributed by atoms with Crippen LogP contribution in [0.1, 0.15) is 32.0 Å². The Labute approximate surface area is 103 Å². The van der Waals surface area contributed by atoms with E-state index in [2.05, 4.69) is 10.1 Å². The summed E-state index contributed by atoms with van der Waals surface area (Å²) in [6, 6.07) is 0. The van der Waals surface area contributed by atoms with Crippen molar-refractivity contribution >= 4 is 11.8 Å². The molecule has 1 aliphatic heterocycles. The van der Waals surface area contributed by atoms with Gasteiger partial charge < -0.3 is 10.3 Å². The largest absolute Gasteiger partial charge is 0.337 e. The van der Waals surface area contributed by atoms with Gasteiger partial charge in [-0.15, -0.1) is 0 Å². The molecule has 1 aliphatic carbocycles. The Balaban J connectivity index is 1.76. The summed E-state index contributed by atoms with van der Waals surface area (Å²) in [6.45, 7) is 3.56.